The predicted molar refractivity (Wildman–Crippen MR) is 107 cm³/mol. The molecule has 0 aromatic heterocycles. The molecule has 1 amide bonds. The summed E-state index contributed by atoms with van der Waals surface area (Å²) in [6.07, 6.45) is 0.828. The van der Waals surface area contributed by atoms with E-state index >= 15 is 0 Å². The molecule has 0 bridgehead atoms. The number of hydrogen-bond acceptors (Lipinski definition) is 5. The fraction of sp³-hybridized carbons (Fsp3) is 0.286. The van der Waals surface area contributed by atoms with Gasteiger partial charge in [0.25, 0.3) is 10.0 Å². The Morgan fingerprint density at radius 3 is 2.58 bits per heavy atom. The third kappa shape index (κ3) is 4.01. The van der Waals surface area contributed by atoms with Gasteiger partial charge in [0.2, 0.25) is 5.91 Å². The summed E-state index contributed by atoms with van der Waals surface area (Å²) in [4.78, 5) is 14.6. The van der Waals surface area contributed by atoms with Gasteiger partial charge < -0.3 is 10.2 Å². The molecular formula is C21H18F2N4O3S. The summed E-state index contributed by atoms with van der Waals surface area (Å²) < 4.78 is 55.5. The standard InChI is InChI=1S/C21H18F2N4O3S/c22-14-5-6-15(17(23)11-14)18(12-24)25-21(28)13-7-9-27(10-8-13)20-16-3-1-2-4-19(16)31(29,30)26-20/h1-6,11,13,18H,7-10H2,(H,25,28). The maximum Gasteiger partial charge on any atom is 0.285 e. The minimum atomic E-state index is -3.72. The highest BCUT2D eigenvalue weighted by atomic mass is 32.2. The lowest BCUT2D eigenvalue weighted by atomic mass is 9.94. The molecule has 1 fully saturated rings. The van der Waals surface area contributed by atoms with Crippen molar-refractivity contribution in [3.8, 4) is 6.07 Å². The van der Waals surface area contributed by atoms with Gasteiger partial charge in [-0.05, 0) is 31.0 Å². The lowest BCUT2D eigenvalue weighted by molar-refractivity contribution is -0.126. The SMILES string of the molecule is N#CC(NC(=O)C1CCN(C2=NS(=O)(=O)c3ccccc32)CC1)c1ccc(F)cc1F. The summed E-state index contributed by atoms with van der Waals surface area (Å²) in [5.74, 6) is -2.13. The van der Waals surface area contributed by atoms with Gasteiger partial charge in [-0.25, -0.2) is 8.78 Å². The maximum absolute atomic E-state index is 14.0. The van der Waals surface area contributed by atoms with Crippen LogP contribution in [0.4, 0.5) is 8.78 Å². The molecule has 0 saturated carbocycles. The highest BCUT2D eigenvalue weighted by Crippen LogP contribution is 2.30. The lowest BCUT2D eigenvalue weighted by Crippen LogP contribution is -2.43. The molecule has 0 radical (unpaired) electrons. The van der Waals surface area contributed by atoms with E-state index in [0.29, 0.717) is 43.4 Å². The Kier molecular flexibility index (Phi) is 5.45. The number of piperidine rings is 1. The average molecular weight is 444 g/mol. The number of rotatable bonds is 3. The van der Waals surface area contributed by atoms with Gasteiger partial charge in [0.1, 0.15) is 22.6 Å². The number of halogens is 2. The third-order valence-electron chi connectivity index (χ3n) is 5.47. The largest absolute Gasteiger partial charge is 0.355 e. The molecule has 7 nitrogen and oxygen atoms in total. The number of likely N-dealkylation sites (tertiary alicyclic amines) is 1. The van der Waals surface area contributed by atoms with Crippen LogP contribution in [0.15, 0.2) is 51.8 Å². The van der Waals surface area contributed by atoms with Crippen LogP contribution in [0, 0.1) is 28.9 Å². The summed E-state index contributed by atoms with van der Waals surface area (Å²) >= 11 is 0. The molecule has 1 atom stereocenters. The summed E-state index contributed by atoms with van der Waals surface area (Å²) in [5.41, 5.74) is 0.443. The van der Waals surface area contributed by atoms with Crippen LogP contribution >= 0.6 is 0 Å². The first kappa shape index (κ1) is 20.9. The van der Waals surface area contributed by atoms with Crippen molar-refractivity contribution in [2.75, 3.05) is 13.1 Å². The number of carbonyl (C=O) groups excluding carboxylic acids is 1. The second kappa shape index (κ2) is 8.07. The second-order valence-corrected chi connectivity index (χ2v) is 8.96. The molecule has 0 spiro atoms. The zero-order chi connectivity index (χ0) is 22.2. The number of nitrogens with one attached hydrogen (secondary N) is 1. The molecule has 2 aliphatic rings. The number of sulfonamides is 1. The Morgan fingerprint density at radius 2 is 1.90 bits per heavy atom. The number of hydrogen-bond donors (Lipinski definition) is 1. The number of fused-ring (bicyclic) bond motifs is 1. The smallest absolute Gasteiger partial charge is 0.285 e. The average Bonchev–Trinajstić information content (AvgIpc) is 3.03. The maximum atomic E-state index is 14.0. The van der Waals surface area contributed by atoms with Gasteiger partial charge in [-0.15, -0.1) is 4.40 Å². The fourth-order valence-corrected chi connectivity index (χ4v) is 5.07. The van der Waals surface area contributed by atoms with Crippen molar-refractivity contribution >= 4 is 21.8 Å². The summed E-state index contributed by atoms with van der Waals surface area (Å²) in [6, 6.07) is 10.0. The number of benzene rings is 2. The van der Waals surface area contributed by atoms with Gasteiger partial charge in [0, 0.05) is 36.2 Å². The van der Waals surface area contributed by atoms with Crippen molar-refractivity contribution < 1.29 is 22.0 Å². The van der Waals surface area contributed by atoms with E-state index in [1.807, 2.05) is 11.0 Å². The van der Waals surface area contributed by atoms with Crippen LogP contribution in [-0.4, -0.2) is 38.2 Å². The van der Waals surface area contributed by atoms with Gasteiger partial charge >= 0.3 is 0 Å². The molecular weight excluding hydrogens is 426 g/mol. The summed E-state index contributed by atoms with van der Waals surface area (Å²) in [5, 5.41) is 11.9. The molecule has 1 N–H and O–H groups in total. The van der Waals surface area contributed by atoms with E-state index in [-0.39, 0.29) is 10.5 Å². The first-order valence-electron chi connectivity index (χ1n) is 9.64. The molecule has 2 aliphatic heterocycles. The quantitative estimate of drug-likeness (QED) is 0.784. The Hall–Kier alpha value is -3.32. The minimum Gasteiger partial charge on any atom is -0.355 e. The molecule has 2 aromatic carbocycles. The molecule has 2 heterocycles. The Balaban J connectivity index is 1.42. The molecule has 1 unspecified atom stereocenters. The van der Waals surface area contributed by atoms with E-state index in [1.165, 1.54) is 6.07 Å². The number of amides is 1. The molecule has 160 valence electrons. The van der Waals surface area contributed by atoms with Gasteiger partial charge in [-0.1, -0.05) is 18.2 Å². The van der Waals surface area contributed by atoms with Crippen molar-refractivity contribution in [1.82, 2.24) is 10.2 Å². The van der Waals surface area contributed by atoms with Crippen molar-refractivity contribution in [2.24, 2.45) is 10.3 Å². The van der Waals surface area contributed by atoms with Crippen LogP contribution in [0.25, 0.3) is 0 Å². The van der Waals surface area contributed by atoms with E-state index in [1.54, 1.807) is 18.2 Å². The van der Waals surface area contributed by atoms with Crippen LogP contribution in [0.5, 0.6) is 0 Å². The van der Waals surface area contributed by atoms with Crippen LogP contribution in [0.3, 0.4) is 0 Å². The number of carbonyl (C=O) groups is 1. The minimum absolute atomic E-state index is 0.100. The fourth-order valence-electron chi connectivity index (χ4n) is 3.85. The van der Waals surface area contributed by atoms with Gasteiger partial charge in [-0.2, -0.15) is 13.7 Å². The van der Waals surface area contributed by atoms with Crippen LogP contribution in [0.2, 0.25) is 0 Å². The van der Waals surface area contributed by atoms with Crippen LogP contribution in [-0.2, 0) is 14.8 Å². The van der Waals surface area contributed by atoms with Gasteiger partial charge in [0.15, 0.2) is 5.84 Å². The molecule has 10 heteroatoms. The Morgan fingerprint density at radius 1 is 1.19 bits per heavy atom. The zero-order valence-corrected chi connectivity index (χ0v) is 17.1. The van der Waals surface area contributed by atoms with Crippen molar-refractivity contribution in [3.63, 3.8) is 0 Å². The highest BCUT2D eigenvalue weighted by molar-refractivity contribution is 7.90. The lowest BCUT2D eigenvalue weighted by Gasteiger charge is -2.33. The van der Waals surface area contributed by atoms with E-state index in [4.69, 9.17) is 0 Å². The number of amidine groups is 1. The van der Waals surface area contributed by atoms with Crippen molar-refractivity contribution in [2.45, 2.75) is 23.8 Å². The molecule has 4 rings (SSSR count). The Labute approximate surface area is 178 Å². The molecule has 1 saturated heterocycles. The molecule has 31 heavy (non-hydrogen) atoms. The number of nitriles is 1. The Bertz CT molecular complexity index is 1220. The predicted octanol–water partition coefficient (Wildman–Crippen LogP) is 2.51. The van der Waals surface area contributed by atoms with E-state index in [9.17, 15) is 27.3 Å². The third-order valence-corrected chi connectivity index (χ3v) is 6.79. The monoisotopic (exact) mass is 444 g/mol. The van der Waals surface area contributed by atoms with Crippen LogP contribution in [0.1, 0.15) is 30.0 Å². The van der Waals surface area contributed by atoms with Crippen LogP contribution < -0.4 is 5.32 Å². The van der Waals surface area contributed by atoms with Crippen molar-refractivity contribution in [1.29, 1.82) is 5.26 Å². The van der Waals surface area contributed by atoms with Crippen molar-refractivity contribution in [3.05, 3.63) is 65.2 Å². The van der Waals surface area contributed by atoms with E-state index in [0.717, 1.165) is 12.1 Å². The topological polar surface area (TPSA) is 103 Å². The summed E-state index contributed by atoms with van der Waals surface area (Å²) in [7, 11) is -3.72. The van der Waals surface area contributed by atoms with Gasteiger partial charge in [-0.3, -0.25) is 4.79 Å². The first-order valence-corrected chi connectivity index (χ1v) is 11.1. The van der Waals surface area contributed by atoms with Gasteiger partial charge in [0.05, 0.1) is 6.07 Å². The summed E-state index contributed by atoms with van der Waals surface area (Å²) in [6.45, 7) is 0.811. The zero-order valence-electron chi connectivity index (χ0n) is 16.3. The second-order valence-electron chi connectivity index (χ2n) is 7.38. The van der Waals surface area contributed by atoms with E-state index < -0.39 is 39.5 Å². The molecule has 0 aliphatic carbocycles. The molecule has 2 aromatic rings. The normalized spacial score (nSPS) is 18.6. The first-order chi connectivity index (χ1) is 14.8. The van der Waals surface area contributed by atoms with E-state index in [2.05, 4.69) is 9.71 Å². The number of nitrogens with zero attached hydrogens (tertiary/aromatic N) is 3. The highest BCUT2D eigenvalue weighted by Gasteiger charge is 2.35.